The van der Waals surface area contributed by atoms with Gasteiger partial charge in [0.2, 0.25) is 0 Å². The molecule has 0 N–H and O–H groups in total. The van der Waals surface area contributed by atoms with Gasteiger partial charge in [-0.2, -0.15) is 5.26 Å². The quantitative estimate of drug-likeness (QED) is 0.501. The Morgan fingerprint density at radius 3 is 2.00 bits per heavy atom. The lowest BCUT2D eigenvalue weighted by atomic mass is 10.6. The van der Waals surface area contributed by atoms with E-state index in [-0.39, 0.29) is 4.87 Å². The van der Waals surface area contributed by atoms with Crippen molar-refractivity contribution in [3.8, 4) is 5.40 Å². The fourth-order valence-electron chi connectivity index (χ4n) is 1.11. The molecule has 0 rings (SSSR count). The van der Waals surface area contributed by atoms with Crippen molar-refractivity contribution in [2.45, 2.75) is 18.2 Å². The first kappa shape index (κ1) is 12.9. The molecule has 0 aliphatic heterocycles. The summed E-state index contributed by atoms with van der Waals surface area (Å²) >= 11 is 1.15. The fourth-order valence-corrected chi connectivity index (χ4v) is 4.80. The topological polar surface area (TPSA) is 51.5 Å². The summed E-state index contributed by atoms with van der Waals surface area (Å²) in [6.45, 7) is 1.98. The Morgan fingerprint density at radius 2 is 1.77 bits per heavy atom. The smallest absolute Gasteiger partial charge is 0.376 e. The molecule has 0 aliphatic carbocycles. The molecule has 6 heteroatoms. The number of nitriles is 1. The summed E-state index contributed by atoms with van der Waals surface area (Å²) in [6, 6.07) is 0. The highest BCUT2D eigenvalue weighted by Gasteiger charge is 2.47. The van der Waals surface area contributed by atoms with Gasteiger partial charge in [-0.25, -0.2) is 0 Å². The lowest BCUT2D eigenvalue weighted by Crippen LogP contribution is -2.52. The van der Waals surface area contributed by atoms with E-state index in [2.05, 4.69) is 0 Å². The van der Waals surface area contributed by atoms with Crippen molar-refractivity contribution in [3.63, 3.8) is 0 Å². The third-order valence-corrected chi connectivity index (χ3v) is 6.66. The molecule has 0 spiro atoms. The predicted octanol–water partition coefficient (Wildman–Crippen LogP) is 1.40. The van der Waals surface area contributed by atoms with E-state index >= 15 is 0 Å². The Labute approximate surface area is 84.5 Å². The molecule has 0 aromatic heterocycles. The Morgan fingerprint density at radius 1 is 1.31 bits per heavy atom. The van der Waals surface area contributed by atoms with E-state index in [9.17, 15) is 0 Å². The molecule has 0 amide bonds. The second-order valence-electron chi connectivity index (χ2n) is 2.32. The van der Waals surface area contributed by atoms with Crippen LogP contribution in [0.3, 0.4) is 0 Å². The highest BCUT2D eigenvalue weighted by Crippen LogP contribution is 2.25. The van der Waals surface area contributed by atoms with E-state index in [0.717, 1.165) is 18.2 Å². The van der Waals surface area contributed by atoms with Gasteiger partial charge in [-0.1, -0.05) is 6.92 Å². The van der Waals surface area contributed by atoms with Crippen LogP contribution in [0.5, 0.6) is 0 Å². The molecule has 76 valence electrons. The summed E-state index contributed by atoms with van der Waals surface area (Å²) in [6.07, 6.45) is 0.792. The largest absolute Gasteiger partial charge is 0.514 e. The summed E-state index contributed by atoms with van der Waals surface area (Å²) in [7, 11) is 2.04. The van der Waals surface area contributed by atoms with Crippen molar-refractivity contribution < 1.29 is 13.3 Å². The molecule has 0 radical (unpaired) electrons. The van der Waals surface area contributed by atoms with Crippen LogP contribution in [0.1, 0.15) is 13.3 Å². The van der Waals surface area contributed by atoms with E-state index in [1.807, 2.05) is 12.3 Å². The molecule has 0 aliphatic rings. The van der Waals surface area contributed by atoms with Gasteiger partial charge in [0.15, 0.2) is 0 Å². The van der Waals surface area contributed by atoms with Crippen LogP contribution >= 0.6 is 11.8 Å². The Balaban J connectivity index is 4.57. The standard InChI is InChI=1S/C7H15NO3SSi/c1-5-7(12-6-8)13(9-2,10-3)11-4/h7H,5H2,1-4H3. The molecule has 0 saturated heterocycles. The van der Waals surface area contributed by atoms with Gasteiger partial charge in [0.05, 0.1) is 4.87 Å². The summed E-state index contributed by atoms with van der Waals surface area (Å²) in [5.41, 5.74) is 0. The Hall–Kier alpha value is -0.0631. The lowest BCUT2D eigenvalue weighted by molar-refractivity contribution is 0.121. The number of rotatable bonds is 6. The van der Waals surface area contributed by atoms with Gasteiger partial charge in [0, 0.05) is 21.3 Å². The first-order chi connectivity index (χ1) is 6.20. The number of thioether (sulfide) groups is 1. The van der Waals surface area contributed by atoms with Crippen LogP contribution in [0.2, 0.25) is 0 Å². The molecule has 0 bridgehead atoms. The first-order valence-corrected chi connectivity index (χ1v) is 6.59. The van der Waals surface area contributed by atoms with Crippen molar-refractivity contribution in [2.75, 3.05) is 21.3 Å². The number of hydrogen-bond donors (Lipinski definition) is 0. The zero-order valence-electron chi connectivity index (χ0n) is 8.36. The molecule has 0 saturated carbocycles. The van der Waals surface area contributed by atoms with Gasteiger partial charge < -0.3 is 13.3 Å². The number of hydrogen-bond acceptors (Lipinski definition) is 5. The molecule has 1 unspecified atom stereocenters. The number of thiocyanates is 1. The van der Waals surface area contributed by atoms with Crippen molar-refractivity contribution in [1.29, 1.82) is 5.26 Å². The van der Waals surface area contributed by atoms with Crippen LogP contribution in [0.4, 0.5) is 0 Å². The molecule has 13 heavy (non-hydrogen) atoms. The van der Waals surface area contributed by atoms with E-state index in [4.69, 9.17) is 18.5 Å². The minimum atomic E-state index is -2.63. The second-order valence-corrected chi connectivity index (χ2v) is 6.86. The maximum Gasteiger partial charge on any atom is 0.514 e. The fraction of sp³-hybridized carbons (Fsp3) is 0.857. The highest BCUT2D eigenvalue weighted by molar-refractivity contribution is 8.05. The van der Waals surface area contributed by atoms with E-state index in [1.165, 1.54) is 0 Å². The summed E-state index contributed by atoms with van der Waals surface area (Å²) < 4.78 is 15.8. The van der Waals surface area contributed by atoms with Crippen LogP contribution in [-0.2, 0) is 13.3 Å². The van der Waals surface area contributed by atoms with Crippen LogP contribution in [0.15, 0.2) is 0 Å². The Bertz CT molecular complexity index is 173. The average molecular weight is 221 g/mol. The SMILES string of the molecule is CCC(SC#N)[Si](OC)(OC)OC. The minimum Gasteiger partial charge on any atom is -0.376 e. The van der Waals surface area contributed by atoms with Gasteiger partial charge in [0.25, 0.3) is 0 Å². The molecule has 0 aromatic carbocycles. The second kappa shape index (κ2) is 6.40. The summed E-state index contributed by atoms with van der Waals surface area (Å²) in [4.78, 5) is -0.0162. The molecular weight excluding hydrogens is 206 g/mol. The maximum atomic E-state index is 8.59. The lowest BCUT2D eigenvalue weighted by Gasteiger charge is -2.29. The van der Waals surface area contributed by atoms with Crippen LogP contribution in [0, 0.1) is 10.7 Å². The third kappa shape index (κ3) is 2.97. The summed E-state index contributed by atoms with van der Waals surface area (Å²) in [5, 5.41) is 10.6. The molecule has 0 heterocycles. The molecule has 1 atom stereocenters. The van der Waals surface area contributed by atoms with Gasteiger partial charge in [-0.3, -0.25) is 0 Å². The zero-order chi connectivity index (χ0) is 10.3. The zero-order valence-corrected chi connectivity index (χ0v) is 10.2. The first-order valence-electron chi connectivity index (χ1n) is 3.90. The normalized spacial score (nSPS) is 13.8. The molecule has 4 nitrogen and oxygen atoms in total. The van der Waals surface area contributed by atoms with Crippen LogP contribution < -0.4 is 0 Å². The maximum absolute atomic E-state index is 8.59. The summed E-state index contributed by atoms with van der Waals surface area (Å²) in [5.74, 6) is 0. The average Bonchev–Trinajstić information content (AvgIpc) is 2.19. The van der Waals surface area contributed by atoms with Crippen molar-refractivity contribution >= 4 is 20.6 Å². The van der Waals surface area contributed by atoms with Crippen molar-refractivity contribution in [1.82, 2.24) is 0 Å². The van der Waals surface area contributed by atoms with E-state index in [0.29, 0.717) is 0 Å². The molecule has 0 aromatic rings. The van der Waals surface area contributed by atoms with E-state index in [1.54, 1.807) is 21.3 Å². The van der Waals surface area contributed by atoms with Crippen LogP contribution in [0.25, 0.3) is 0 Å². The van der Waals surface area contributed by atoms with Crippen molar-refractivity contribution in [2.24, 2.45) is 0 Å². The van der Waals surface area contributed by atoms with Gasteiger partial charge in [-0.05, 0) is 18.2 Å². The van der Waals surface area contributed by atoms with Crippen LogP contribution in [-0.4, -0.2) is 35.0 Å². The van der Waals surface area contributed by atoms with Gasteiger partial charge in [-0.15, -0.1) is 0 Å². The van der Waals surface area contributed by atoms with Gasteiger partial charge in [0.1, 0.15) is 5.40 Å². The monoisotopic (exact) mass is 221 g/mol. The molecule has 0 fully saturated rings. The van der Waals surface area contributed by atoms with Gasteiger partial charge >= 0.3 is 8.80 Å². The highest BCUT2D eigenvalue weighted by atomic mass is 32.2. The number of nitrogens with zero attached hydrogens (tertiary/aromatic N) is 1. The predicted molar refractivity (Wildman–Crippen MR) is 54.1 cm³/mol. The van der Waals surface area contributed by atoms with E-state index < -0.39 is 8.80 Å². The van der Waals surface area contributed by atoms with Crippen molar-refractivity contribution in [3.05, 3.63) is 0 Å². The minimum absolute atomic E-state index is 0.0162. The third-order valence-electron chi connectivity index (χ3n) is 1.81. The molecular formula is C7H15NO3SSi. The Kier molecular flexibility index (Phi) is 6.37.